The number of carbonyl (C=O) groups is 1. The first-order chi connectivity index (χ1) is 11.6. The Labute approximate surface area is 139 Å². The van der Waals surface area contributed by atoms with Gasteiger partial charge in [-0.1, -0.05) is 19.1 Å². The lowest BCUT2D eigenvalue weighted by Crippen LogP contribution is -2.23. The Bertz CT molecular complexity index is 753. The molecule has 2 aromatic rings. The van der Waals surface area contributed by atoms with Crippen molar-refractivity contribution in [1.82, 2.24) is 9.97 Å². The summed E-state index contributed by atoms with van der Waals surface area (Å²) in [7, 11) is 0. The van der Waals surface area contributed by atoms with Crippen molar-refractivity contribution >= 4 is 17.6 Å². The molecule has 1 atom stereocenters. The second kappa shape index (κ2) is 6.82. The molecule has 1 aliphatic heterocycles. The summed E-state index contributed by atoms with van der Waals surface area (Å²) < 4.78 is 19.2. The summed E-state index contributed by atoms with van der Waals surface area (Å²) >= 11 is 0. The second-order valence-corrected chi connectivity index (χ2v) is 5.56. The Balaban J connectivity index is 1.80. The first-order valence-corrected chi connectivity index (χ1v) is 7.90. The third kappa shape index (κ3) is 3.15. The van der Waals surface area contributed by atoms with Crippen LogP contribution in [0.25, 0.3) is 0 Å². The van der Waals surface area contributed by atoms with Crippen LogP contribution in [0.3, 0.4) is 0 Å². The van der Waals surface area contributed by atoms with Gasteiger partial charge in [0.15, 0.2) is 11.6 Å². The summed E-state index contributed by atoms with van der Waals surface area (Å²) in [4.78, 5) is 21.2. The highest BCUT2D eigenvalue weighted by Gasteiger charge is 2.24. The topological polar surface area (TPSA) is 67.3 Å². The molecule has 1 unspecified atom stereocenters. The Hall–Kier alpha value is -2.70. The highest BCUT2D eigenvalue weighted by Crippen LogP contribution is 2.26. The molecule has 126 valence electrons. The molecule has 3 rings (SSSR count). The number of aryl methyl sites for hydroxylation is 1. The van der Waals surface area contributed by atoms with Crippen molar-refractivity contribution in [2.75, 3.05) is 23.4 Å². The van der Waals surface area contributed by atoms with Crippen LogP contribution < -0.4 is 10.2 Å². The molecule has 1 aromatic carbocycles. The molecule has 24 heavy (non-hydrogen) atoms. The number of halogens is 1. The average molecular weight is 330 g/mol. The number of rotatable bonds is 5. The smallest absolute Gasteiger partial charge is 0.414 e. The third-order valence-corrected chi connectivity index (χ3v) is 3.99. The quantitative estimate of drug-likeness (QED) is 0.911. The summed E-state index contributed by atoms with van der Waals surface area (Å²) in [6, 6.07) is 7.34. The minimum Gasteiger partial charge on any atom is -0.447 e. The molecular weight excluding hydrogens is 311 g/mol. The second-order valence-electron chi connectivity index (χ2n) is 5.56. The van der Waals surface area contributed by atoms with E-state index in [0.717, 1.165) is 11.3 Å². The Kier molecular flexibility index (Phi) is 4.59. The number of aromatic nitrogens is 2. The van der Waals surface area contributed by atoms with Gasteiger partial charge >= 0.3 is 6.09 Å². The highest BCUT2D eigenvalue weighted by molar-refractivity contribution is 5.89. The summed E-state index contributed by atoms with van der Waals surface area (Å²) in [5.74, 6) is -0.244. The van der Waals surface area contributed by atoms with E-state index in [0.29, 0.717) is 25.3 Å². The van der Waals surface area contributed by atoms with Gasteiger partial charge in [-0.25, -0.2) is 19.2 Å². The van der Waals surface area contributed by atoms with E-state index in [2.05, 4.69) is 15.3 Å². The van der Waals surface area contributed by atoms with Crippen molar-refractivity contribution in [2.45, 2.75) is 26.3 Å². The van der Waals surface area contributed by atoms with Crippen molar-refractivity contribution in [1.29, 1.82) is 0 Å². The van der Waals surface area contributed by atoms with E-state index in [9.17, 15) is 9.18 Å². The summed E-state index contributed by atoms with van der Waals surface area (Å²) in [6.45, 7) is 4.68. The molecule has 1 aromatic heterocycles. The van der Waals surface area contributed by atoms with Gasteiger partial charge < -0.3 is 10.1 Å². The monoisotopic (exact) mass is 330 g/mol. The van der Waals surface area contributed by atoms with Crippen LogP contribution in [0.4, 0.5) is 20.7 Å². The van der Waals surface area contributed by atoms with Gasteiger partial charge in [-0.2, -0.15) is 0 Å². The number of hydrogen-bond donors (Lipinski definition) is 1. The number of carbonyl (C=O) groups excluding carboxylic acids is 1. The van der Waals surface area contributed by atoms with E-state index in [4.69, 9.17) is 4.74 Å². The summed E-state index contributed by atoms with van der Waals surface area (Å²) in [5, 5.41) is 3.07. The van der Waals surface area contributed by atoms with Gasteiger partial charge in [-0.05, 0) is 31.0 Å². The van der Waals surface area contributed by atoms with E-state index in [1.165, 1.54) is 6.33 Å². The zero-order valence-electron chi connectivity index (χ0n) is 13.6. The normalized spacial score (nSPS) is 15.3. The number of amides is 1. The van der Waals surface area contributed by atoms with Crippen LogP contribution in [0.1, 0.15) is 31.1 Å². The lowest BCUT2D eigenvalue weighted by Gasteiger charge is -2.19. The van der Waals surface area contributed by atoms with Crippen molar-refractivity contribution in [3.05, 3.63) is 47.7 Å². The van der Waals surface area contributed by atoms with Crippen LogP contribution in [-0.2, 0) is 11.2 Å². The molecule has 1 fully saturated rings. The maximum absolute atomic E-state index is 14.3. The molecule has 1 aliphatic rings. The first-order valence-electron chi connectivity index (χ1n) is 7.90. The van der Waals surface area contributed by atoms with Gasteiger partial charge in [0.25, 0.3) is 0 Å². The molecule has 1 saturated heterocycles. The number of nitrogens with zero attached hydrogens (tertiary/aromatic N) is 3. The molecular formula is C17H19FN4O2. The zero-order valence-corrected chi connectivity index (χ0v) is 13.6. The van der Waals surface area contributed by atoms with Gasteiger partial charge in [-0.15, -0.1) is 0 Å². The molecule has 6 nitrogen and oxygen atoms in total. The summed E-state index contributed by atoms with van der Waals surface area (Å²) in [6.07, 6.45) is 1.51. The number of anilines is 2. The predicted molar refractivity (Wildman–Crippen MR) is 88.5 cm³/mol. The number of nitrogens with one attached hydrogen (secondary N) is 1. The van der Waals surface area contributed by atoms with Gasteiger partial charge in [0.1, 0.15) is 12.9 Å². The number of benzene rings is 1. The molecule has 0 spiro atoms. The van der Waals surface area contributed by atoms with Gasteiger partial charge in [-0.3, -0.25) is 4.90 Å². The van der Waals surface area contributed by atoms with E-state index in [1.54, 1.807) is 4.90 Å². The fourth-order valence-corrected chi connectivity index (χ4v) is 2.63. The van der Waals surface area contributed by atoms with Gasteiger partial charge in [0.2, 0.25) is 0 Å². The summed E-state index contributed by atoms with van der Waals surface area (Å²) in [5.41, 5.74) is 2.07. The van der Waals surface area contributed by atoms with Crippen molar-refractivity contribution in [3.63, 3.8) is 0 Å². The van der Waals surface area contributed by atoms with Crippen molar-refractivity contribution < 1.29 is 13.9 Å². The predicted octanol–water partition coefficient (Wildman–Crippen LogP) is 3.31. The van der Waals surface area contributed by atoms with Crippen LogP contribution in [0.2, 0.25) is 0 Å². The molecule has 7 heteroatoms. The number of ether oxygens (including phenoxy) is 1. The fraction of sp³-hybridized carbons (Fsp3) is 0.353. The maximum Gasteiger partial charge on any atom is 0.414 e. The van der Waals surface area contributed by atoms with Gasteiger partial charge in [0, 0.05) is 5.69 Å². The lowest BCUT2D eigenvalue weighted by atomic mass is 10.1. The molecule has 0 radical (unpaired) electrons. The number of hydrogen-bond acceptors (Lipinski definition) is 5. The lowest BCUT2D eigenvalue weighted by molar-refractivity contribution is 0.181. The Morgan fingerprint density at radius 3 is 2.96 bits per heavy atom. The van der Waals surface area contributed by atoms with E-state index in [-0.39, 0.29) is 18.0 Å². The molecule has 0 saturated carbocycles. The molecule has 0 aliphatic carbocycles. The standard InChI is InChI=1S/C17H19FN4O2/c1-3-14-15(18)16(20-10-19-14)21-11(2)12-5-4-6-13(9-12)22-7-8-24-17(22)23/h4-6,9-11H,3,7-8H2,1-2H3,(H,19,20,21). The van der Waals surface area contributed by atoms with Crippen LogP contribution in [0, 0.1) is 5.82 Å². The van der Waals surface area contributed by atoms with Crippen LogP contribution >= 0.6 is 0 Å². The first kappa shape index (κ1) is 16.2. The third-order valence-electron chi connectivity index (χ3n) is 3.99. The van der Waals surface area contributed by atoms with Crippen LogP contribution in [0.5, 0.6) is 0 Å². The Morgan fingerprint density at radius 1 is 1.42 bits per heavy atom. The highest BCUT2D eigenvalue weighted by atomic mass is 19.1. The largest absolute Gasteiger partial charge is 0.447 e. The van der Waals surface area contributed by atoms with E-state index in [1.807, 2.05) is 38.1 Å². The van der Waals surface area contributed by atoms with Gasteiger partial charge in [0.05, 0.1) is 18.3 Å². The Morgan fingerprint density at radius 2 is 2.25 bits per heavy atom. The van der Waals surface area contributed by atoms with E-state index >= 15 is 0 Å². The van der Waals surface area contributed by atoms with Crippen molar-refractivity contribution in [3.8, 4) is 0 Å². The molecule has 2 heterocycles. The SMILES string of the molecule is CCc1ncnc(NC(C)c2cccc(N3CCOC3=O)c2)c1F. The molecule has 1 N–H and O–H groups in total. The van der Waals surface area contributed by atoms with Crippen molar-refractivity contribution in [2.24, 2.45) is 0 Å². The average Bonchev–Trinajstić information content (AvgIpc) is 3.03. The maximum atomic E-state index is 14.3. The van der Waals surface area contributed by atoms with Crippen LogP contribution in [-0.4, -0.2) is 29.2 Å². The minimum atomic E-state index is -0.425. The minimum absolute atomic E-state index is 0.181. The van der Waals surface area contributed by atoms with Crippen LogP contribution in [0.15, 0.2) is 30.6 Å². The molecule has 0 bridgehead atoms. The van der Waals surface area contributed by atoms with E-state index < -0.39 is 5.82 Å². The number of cyclic esters (lactones) is 1. The fourth-order valence-electron chi connectivity index (χ4n) is 2.63. The zero-order chi connectivity index (χ0) is 17.1. The molecule has 1 amide bonds.